The number of nitrogens with one attached hydrogen (secondary N) is 2. The summed E-state index contributed by atoms with van der Waals surface area (Å²) in [4.78, 5) is 26.5. The molecular weight excluding hydrogens is 519 g/mol. The van der Waals surface area contributed by atoms with Gasteiger partial charge in [0.05, 0.1) is 5.69 Å². The third kappa shape index (κ3) is 3.62. The number of anilines is 1. The van der Waals surface area contributed by atoms with Gasteiger partial charge in [0.15, 0.2) is 0 Å². The van der Waals surface area contributed by atoms with Crippen LogP contribution in [0, 0.1) is 8.99 Å². The van der Waals surface area contributed by atoms with Crippen molar-refractivity contribution in [1.82, 2.24) is 13.9 Å². The number of sulfonamides is 1. The molecule has 4 rings (SSSR count). The van der Waals surface area contributed by atoms with Gasteiger partial charge >= 0.3 is 0 Å². The number of benzene rings is 1. The molecule has 2 N–H and O–H groups in total. The van der Waals surface area contributed by atoms with E-state index in [1.54, 1.807) is 30.5 Å². The van der Waals surface area contributed by atoms with Crippen molar-refractivity contribution in [1.29, 1.82) is 0 Å². The zero-order chi connectivity index (χ0) is 21.8. The molecule has 1 aliphatic heterocycles. The Bertz CT molecular complexity index is 1450. The predicted molar refractivity (Wildman–Crippen MR) is 124 cm³/mol. The quantitative estimate of drug-likeness (QED) is 0.482. The molecule has 3 heterocycles. The molecule has 10 heteroatoms. The van der Waals surface area contributed by atoms with Gasteiger partial charge in [-0.2, -0.15) is 0 Å². The molecule has 3 aromatic rings. The normalized spacial score (nSPS) is 17.3. The average Bonchev–Trinajstić information content (AvgIpc) is 3.11. The van der Waals surface area contributed by atoms with Crippen molar-refractivity contribution in [2.24, 2.45) is 5.41 Å². The highest BCUT2D eigenvalue weighted by Crippen LogP contribution is 2.28. The highest BCUT2D eigenvalue weighted by atomic mass is 127. The fraction of sp³-hybridized carbons (Fsp3) is 0.300. The van der Waals surface area contributed by atoms with E-state index in [-0.39, 0.29) is 21.4 Å². The zero-order valence-corrected chi connectivity index (χ0v) is 19.7. The topological polar surface area (TPSA) is 102 Å². The van der Waals surface area contributed by atoms with Gasteiger partial charge in [0, 0.05) is 16.3 Å². The van der Waals surface area contributed by atoms with E-state index in [1.807, 2.05) is 22.6 Å². The van der Waals surface area contributed by atoms with Gasteiger partial charge in [-0.05, 0) is 64.8 Å². The molecule has 158 valence electrons. The van der Waals surface area contributed by atoms with Crippen molar-refractivity contribution >= 4 is 49.6 Å². The summed E-state index contributed by atoms with van der Waals surface area (Å²) in [5.74, 6) is -0.119. The van der Waals surface area contributed by atoms with Gasteiger partial charge in [-0.3, -0.25) is 18.8 Å². The van der Waals surface area contributed by atoms with Crippen LogP contribution in [0.15, 0.2) is 51.0 Å². The van der Waals surface area contributed by atoms with Gasteiger partial charge in [0.25, 0.3) is 15.6 Å². The van der Waals surface area contributed by atoms with Gasteiger partial charge in [-0.15, -0.1) is 0 Å². The summed E-state index contributed by atoms with van der Waals surface area (Å²) in [6, 6.07) is 8.20. The average molecular weight is 540 g/mol. The first-order chi connectivity index (χ1) is 14.0. The van der Waals surface area contributed by atoms with E-state index in [1.165, 1.54) is 15.3 Å². The van der Waals surface area contributed by atoms with Gasteiger partial charge in [-0.1, -0.05) is 20.8 Å². The molecule has 0 aliphatic carbocycles. The van der Waals surface area contributed by atoms with E-state index in [0.717, 1.165) is 3.57 Å². The van der Waals surface area contributed by atoms with Crippen LogP contribution < -0.4 is 26.2 Å². The molecule has 0 bridgehead atoms. The maximum atomic E-state index is 13.3. The molecule has 1 aliphatic rings. The monoisotopic (exact) mass is 540 g/mol. The number of fused-ring (bicyclic) bond motifs is 2. The van der Waals surface area contributed by atoms with Crippen LogP contribution in [0.3, 0.4) is 0 Å². The first kappa shape index (κ1) is 20.9. The smallest absolute Gasteiger partial charge is 0.280 e. The lowest BCUT2D eigenvalue weighted by Gasteiger charge is -2.23. The summed E-state index contributed by atoms with van der Waals surface area (Å²) in [6.07, 6.45) is 2.36. The van der Waals surface area contributed by atoms with Gasteiger partial charge in [-0.25, -0.2) is 13.1 Å². The molecule has 0 saturated heterocycles. The number of halogens is 1. The van der Waals surface area contributed by atoms with E-state index < -0.39 is 21.0 Å². The van der Waals surface area contributed by atoms with Crippen molar-refractivity contribution in [3.63, 3.8) is 0 Å². The Morgan fingerprint density at radius 2 is 1.87 bits per heavy atom. The van der Waals surface area contributed by atoms with Gasteiger partial charge in [0.1, 0.15) is 21.5 Å². The SMILES string of the molecule is CC(C)(C)CCn1c(=O)c(=C2Nc3ccc(I)cc3S(=O)(=O)N2)c(=O)c2cccn21. The molecule has 8 nitrogen and oxygen atoms in total. The predicted octanol–water partition coefficient (Wildman–Crippen LogP) is 1.69. The van der Waals surface area contributed by atoms with Crippen molar-refractivity contribution in [3.05, 3.63) is 65.9 Å². The molecule has 1 aromatic carbocycles. The first-order valence-corrected chi connectivity index (χ1v) is 11.9. The van der Waals surface area contributed by atoms with E-state index in [4.69, 9.17) is 0 Å². The summed E-state index contributed by atoms with van der Waals surface area (Å²) < 4.78 is 31.7. The van der Waals surface area contributed by atoms with E-state index in [0.29, 0.717) is 24.2 Å². The molecule has 0 saturated carbocycles. The third-order valence-electron chi connectivity index (χ3n) is 4.95. The minimum absolute atomic E-state index is 0.0247. The third-order valence-corrected chi connectivity index (χ3v) is 7.01. The Labute approximate surface area is 186 Å². The number of hydrogen-bond acceptors (Lipinski definition) is 5. The summed E-state index contributed by atoms with van der Waals surface area (Å²) in [7, 11) is -3.93. The molecule has 0 radical (unpaired) electrons. The second kappa shape index (κ2) is 7.12. The lowest BCUT2D eigenvalue weighted by molar-refractivity contribution is 0.331. The number of aromatic nitrogens is 2. The maximum Gasteiger partial charge on any atom is 0.280 e. The Hall–Kier alpha value is -2.34. The fourth-order valence-corrected chi connectivity index (χ4v) is 5.30. The van der Waals surface area contributed by atoms with Crippen LogP contribution in [0.5, 0.6) is 0 Å². The maximum absolute atomic E-state index is 13.3. The Morgan fingerprint density at radius 1 is 1.13 bits per heavy atom. The standard InChI is InChI=1S/C20H21IN4O4S/c1-20(2,3)8-10-25-19(27)16(17(26)14-5-4-9-24(14)25)18-22-13-7-6-12(21)11-15(13)30(28,29)23-18/h4-7,9,11,22-23H,8,10H2,1-3H3. The van der Waals surface area contributed by atoms with Gasteiger partial charge < -0.3 is 5.32 Å². The molecule has 0 amide bonds. The molecule has 0 fully saturated rings. The second-order valence-electron chi connectivity index (χ2n) is 8.43. The largest absolute Gasteiger partial charge is 0.339 e. The highest BCUT2D eigenvalue weighted by molar-refractivity contribution is 14.1. The number of nitrogens with zero attached hydrogens (tertiary/aromatic N) is 2. The molecule has 2 aromatic heterocycles. The van der Waals surface area contributed by atoms with Crippen LogP contribution in [0.25, 0.3) is 11.3 Å². The lowest BCUT2D eigenvalue weighted by atomic mass is 9.92. The van der Waals surface area contributed by atoms with Crippen LogP contribution >= 0.6 is 22.6 Å². The minimum atomic E-state index is -3.93. The van der Waals surface area contributed by atoms with E-state index in [9.17, 15) is 18.0 Å². The van der Waals surface area contributed by atoms with E-state index in [2.05, 4.69) is 30.8 Å². The Morgan fingerprint density at radius 3 is 2.57 bits per heavy atom. The summed E-state index contributed by atoms with van der Waals surface area (Å²) in [5.41, 5.74) is -0.480. The van der Waals surface area contributed by atoms with Crippen molar-refractivity contribution in [2.75, 3.05) is 5.32 Å². The summed E-state index contributed by atoms with van der Waals surface area (Å²) in [5, 5.41) is 2.72. The van der Waals surface area contributed by atoms with Crippen LogP contribution in [0.2, 0.25) is 0 Å². The summed E-state index contributed by atoms with van der Waals surface area (Å²) >= 11 is 2.03. The van der Waals surface area contributed by atoms with E-state index >= 15 is 0 Å². The van der Waals surface area contributed by atoms with Crippen LogP contribution in [0.1, 0.15) is 27.2 Å². The molecule has 0 spiro atoms. The van der Waals surface area contributed by atoms with Crippen molar-refractivity contribution in [3.8, 4) is 0 Å². The first-order valence-electron chi connectivity index (χ1n) is 9.36. The van der Waals surface area contributed by atoms with Crippen LogP contribution in [-0.2, 0) is 16.6 Å². The highest BCUT2D eigenvalue weighted by Gasteiger charge is 2.28. The summed E-state index contributed by atoms with van der Waals surface area (Å²) in [6.45, 7) is 6.59. The molecule has 30 heavy (non-hydrogen) atoms. The number of aryl methyl sites for hydroxylation is 1. The van der Waals surface area contributed by atoms with Gasteiger partial charge in [0.2, 0.25) is 5.43 Å². The van der Waals surface area contributed by atoms with Crippen LogP contribution in [-0.4, -0.2) is 17.6 Å². The minimum Gasteiger partial charge on any atom is -0.339 e. The van der Waals surface area contributed by atoms with Crippen molar-refractivity contribution < 1.29 is 8.42 Å². The molecule has 0 atom stereocenters. The van der Waals surface area contributed by atoms with Crippen molar-refractivity contribution in [2.45, 2.75) is 38.6 Å². The second-order valence-corrected chi connectivity index (χ2v) is 11.3. The fourth-order valence-electron chi connectivity index (χ4n) is 3.37. The van der Waals surface area contributed by atoms with Crippen LogP contribution in [0.4, 0.5) is 5.69 Å². The Kier molecular flexibility index (Phi) is 4.96. The number of rotatable bonds is 2. The molecule has 0 unspecified atom stereocenters. The lowest BCUT2D eigenvalue weighted by Crippen LogP contribution is -2.53. The zero-order valence-electron chi connectivity index (χ0n) is 16.7. The number of hydrogen-bond donors (Lipinski definition) is 2. The molecular formula is C20H21IN4O4S. The Balaban J connectivity index is 2.02.